The Labute approximate surface area is 151 Å². The molecule has 2 amide bonds. The topological polar surface area (TPSA) is 57.6 Å². The highest BCUT2D eigenvalue weighted by Gasteiger charge is 2.38. The van der Waals surface area contributed by atoms with Gasteiger partial charge < -0.3 is 5.11 Å². The first kappa shape index (κ1) is 17.5. The number of aliphatic hydroxyl groups excluding tert-OH is 1. The van der Waals surface area contributed by atoms with Crippen molar-refractivity contribution in [1.82, 2.24) is 4.90 Å². The van der Waals surface area contributed by atoms with Gasteiger partial charge in [0.1, 0.15) is 0 Å². The molecule has 4 nitrogen and oxygen atoms in total. The van der Waals surface area contributed by atoms with Crippen molar-refractivity contribution in [3.05, 3.63) is 76.2 Å². The second-order valence-electron chi connectivity index (χ2n) is 5.82. The second kappa shape index (κ2) is 7.68. The van der Waals surface area contributed by atoms with Crippen LogP contribution in [0, 0.1) is 6.92 Å². The zero-order valence-electron chi connectivity index (χ0n) is 13.9. The molecule has 0 saturated heterocycles. The molecule has 3 rings (SSSR count). The molecule has 0 fully saturated rings. The summed E-state index contributed by atoms with van der Waals surface area (Å²) in [6, 6.07) is 17.0. The van der Waals surface area contributed by atoms with E-state index in [0.717, 1.165) is 16.7 Å². The average Bonchev–Trinajstić information content (AvgIpc) is 2.86. The number of hydrogen-bond donors (Lipinski definition) is 1. The second-order valence-corrected chi connectivity index (χ2v) is 6.93. The van der Waals surface area contributed by atoms with Crippen molar-refractivity contribution < 1.29 is 14.7 Å². The smallest absolute Gasteiger partial charge is 0.268 e. The van der Waals surface area contributed by atoms with Crippen LogP contribution in [0.15, 0.2) is 59.5 Å². The van der Waals surface area contributed by atoms with Crippen LogP contribution in [0.3, 0.4) is 0 Å². The van der Waals surface area contributed by atoms with Gasteiger partial charge in [-0.05, 0) is 18.1 Å². The maximum Gasteiger partial charge on any atom is 0.268 e. The summed E-state index contributed by atoms with van der Waals surface area (Å²) in [5.41, 5.74) is 3.16. The van der Waals surface area contributed by atoms with Crippen LogP contribution in [0.25, 0.3) is 5.57 Å². The molecule has 0 unspecified atom stereocenters. The van der Waals surface area contributed by atoms with E-state index in [1.54, 1.807) is 0 Å². The third-order valence-corrected chi connectivity index (χ3v) is 5.04. The average molecular weight is 353 g/mol. The fourth-order valence-electron chi connectivity index (χ4n) is 2.72. The van der Waals surface area contributed by atoms with Crippen LogP contribution in [0.1, 0.15) is 16.7 Å². The number of benzene rings is 2. The Morgan fingerprint density at radius 2 is 1.64 bits per heavy atom. The maximum absolute atomic E-state index is 13.0. The molecule has 1 heterocycles. The SMILES string of the molecule is Cc1ccc(C2=C(SCCO)C(=O)N(Cc3ccccc3)C2=O)cc1. The number of rotatable bonds is 6. The minimum Gasteiger partial charge on any atom is -0.396 e. The zero-order valence-corrected chi connectivity index (χ0v) is 14.8. The molecular formula is C20H19NO3S. The van der Waals surface area contributed by atoms with Crippen LogP contribution in [0.2, 0.25) is 0 Å². The summed E-state index contributed by atoms with van der Waals surface area (Å²) < 4.78 is 0. The molecule has 0 saturated carbocycles. The zero-order chi connectivity index (χ0) is 17.8. The maximum atomic E-state index is 13.0. The van der Waals surface area contributed by atoms with E-state index in [1.807, 2.05) is 61.5 Å². The third kappa shape index (κ3) is 3.67. The molecule has 0 atom stereocenters. The lowest BCUT2D eigenvalue weighted by Crippen LogP contribution is -2.30. The van der Waals surface area contributed by atoms with E-state index in [-0.39, 0.29) is 25.0 Å². The van der Waals surface area contributed by atoms with Gasteiger partial charge in [-0.15, -0.1) is 11.8 Å². The first-order chi connectivity index (χ1) is 12.1. The molecule has 0 radical (unpaired) electrons. The van der Waals surface area contributed by atoms with Crippen LogP contribution < -0.4 is 0 Å². The minimum absolute atomic E-state index is 0.0461. The van der Waals surface area contributed by atoms with Gasteiger partial charge in [0.05, 0.1) is 23.6 Å². The van der Waals surface area contributed by atoms with Gasteiger partial charge in [0.15, 0.2) is 0 Å². The summed E-state index contributed by atoms with van der Waals surface area (Å²) >= 11 is 1.23. The molecule has 5 heteroatoms. The number of carbonyl (C=O) groups excluding carboxylic acids is 2. The number of amides is 2. The Balaban J connectivity index is 1.96. The van der Waals surface area contributed by atoms with Crippen molar-refractivity contribution in [3.63, 3.8) is 0 Å². The highest BCUT2D eigenvalue weighted by molar-refractivity contribution is 8.04. The van der Waals surface area contributed by atoms with E-state index in [0.29, 0.717) is 16.2 Å². The van der Waals surface area contributed by atoms with Crippen molar-refractivity contribution >= 4 is 29.1 Å². The van der Waals surface area contributed by atoms with Crippen molar-refractivity contribution in [2.24, 2.45) is 0 Å². The minimum atomic E-state index is -0.289. The summed E-state index contributed by atoms with van der Waals surface area (Å²) in [6.45, 7) is 2.18. The van der Waals surface area contributed by atoms with Crippen molar-refractivity contribution in [3.8, 4) is 0 Å². The van der Waals surface area contributed by atoms with Gasteiger partial charge in [-0.3, -0.25) is 14.5 Å². The number of imide groups is 1. The van der Waals surface area contributed by atoms with Crippen LogP contribution >= 0.6 is 11.8 Å². The van der Waals surface area contributed by atoms with Crippen LogP contribution in [0.5, 0.6) is 0 Å². The number of aryl methyl sites for hydroxylation is 1. The van der Waals surface area contributed by atoms with Gasteiger partial charge in [0, 0.05) is 5.75 Å². The van der Waals surface area contributed by atoms with Gasteiger partial charge in [0.25, 0.3) is 11.8 Å². The van der Waals surface area contributed by atoms with E-state index in [2.05, 4.69) is 0 Å². The van der Waals surface area contributed by atoms with E-state index in [9.17, 15) is 9.59 Å². The van der Waals surface area contributed by atoms with Crippen LogP contribution in [-0.4, -0.2) is 34.2 Å². The molecule has 0 aromatic heterocycles. The Hall–Kier alpha value is -2.37. The monoisotopic (exact) mass is 353 g/mol. The lowest BCUT2D eigenvalue weighted by atomic mass is 10.0. The van der Waals surface area contributed by atoms with Crippen molar-refractivity contribution in [2.45, 2.75) is 13.5 Å². The summed E-state index contributed by atoms with van der Waals surface area (Å²) in [5, 5.41) is 9.12. The fourth-order valence-corrected chi connectivity index (χ4v) is 3.60. The van der Waals surface area contributed by atoms with Gasteiger partial charge in [-0.1, -0.05) is 60.2 Å². The first-order valence-electron chi connectivity index (χ1n) is 8.07. The van der Waals surface area contributed by atoms with E-state index in [1.165, 1.54) is 16.7 Å². The van der Waals surface area contributed by atoms with Gasteiger partial charge in [-0.25, -0.2) is 0 Å². The van der Waals surface area contributed by atoms with Gasteiger partial charge in [-0.2, -0.15) is 0 Å². The molecule has 128 valence electrons. The molecular weight excluding hydrogens is 334 g/mol. The van der Waals surface area contributed by atoms with E-state index in [4.69, 9.17) is 5.11 Å². The number of aliphatic hydroxyl groups is 1. The Kier molecular flexibility index (Phi) is 5.36. The lowest BCUT2D eigenvalue weighted by molar-refractivity contribution is -0.137. The summed E-state index contributed by atoms with van der Waals surface area (Å²) in [5.74, 6) is -0.191. The lowest BCUT2D eigenvalue weighted by Gasteiger charge is -2.15. The van der Waals surface area contributed by atoms with Gasteiger partial charge >= 0.3 is 0 Å². The fraction of sp³-hybridized carbons (Fsp3) is 0.200. The van der Waals surface area contributed by atoms with Crippen LogP contribution in [-0.2, 0) is 16.1 Å². The van der Waals surface area contributed by atoms with Crippen LogP contribution in [0.4, 0.5) is 0 Å². The molecule has 1 aliphatic rings. The predicted molar refractivity (Wildman–Crippen MR) is 99.6 cm³/mol. The standard InChI is InChI=1S/C20H19NO3S/c1-14-7-9-16(10-8-14)17-18(25-12-11-22)20(24)21(19(17)23)13-15-5-3-2-4-6-15/h2-10,22H,11-13H2,1H3. The summed E-state index contributed by atoms with van der Waals surface area (Å²) in [7, 11) is 0. The van der Waals surface area contributed by atoms with Crippen molar-refractivity contribution in [1.29, 1.82) is 0 Å². The molecule has 0 aliphatic carbocycles. The molecule has 0 bridgehead atoms. The first-order valence-corrected chi connectivity index (χ1v) is 9.05. The van der Waals surface area contributed by atoms with Gasteiger partial charge in [0.2, 0.25) is 0 Å². The van der Waals surface area contributed by atoms with E-state index < -0.39 is 0 Å². The third-order valence-electron chi connectivity index (χ3n) is 3.99. The summed E-state index contributed by atoms with van der Waals surface area (Å²) in [4.78, 5) is 27.5. The number of thioether (sulfide) groups is 1. The highest BCUT2D eigenvalue weighted by atomic mass is 32.2. The number of nitrogens with zero attached hydrogens (tertiary/aromatic N) is 1. The molecule has 25 heavy (non-hydrogen) atoms. The Morgan fingerprint density at radius 3 is 2.28 bits per heavy atom. The predicted octanol–water partition coefficient (Wildman–Crippen LogP) is 3.00. The number of hydrogen-bond acceptors (Lipinski definition) is 4. The molecule has 2 aromatic rings. The quantitative estimate of drug-likeness (QED) is 0.811. The highest BCUT2D eigenvalue weighted by Crippen LogP contribution is 2.36. The summed E-state index contributed by atoms with van der Waals surface area (Å²) in [6.07, 6.45) is 0. The Morgan fingerprint density at radius 1 is 0.960 bits per heavy atom. The Bertz CT molecular complexity index is 813. The largest absolute Gasteiger partial charge is 0.396 e. The number of carbonyl (C=O) groups is 2. The molecule has 1 N–H and O–H groups in total. The normalized spacial score (nSPS) is 14.6. The van der Waals surface area contributed by atoms with Crippen molar-refractivity contribution in [2.75, 3.05) is 12.4 Å². The molecule has 2 aromatic carbocycles. The molecule has 0 spiro atoms. The van der Waals surface area contributed by atoms with E-state index >= 15 is 0 Å². The molecule has 1 aliphatic heterocycles.